The van der Waals surface area contributed by atoms with E-state index >= 15 is 4.79 Å². The molecule has 0 unspecified atom stereocenters. The van der Waals surface area contributed by atoms with Crippen molar-refractivity contribution in [1.82, 2.24) is 52.3 Å². The van der Waals surface area contributed by atoms with Gasteiger partial charge in [-0.05, 0) is 119 Å². The van der Waals surface area contributed by atoms with Crippen LogP contribution in [0.3, 0.4) is 0 Å². The van der Waals surface area contributed by atoms with E-state index in [-0.39, 0.29) is 76.6 Å². The quantitative estimate of drug-likeness (QED) is 0.0194. The fourth-order valence-electron chi connectivity index (χ4n) is 11.6. The van der Waals surface area contributed by atoms with E-state index in [0.29, 0.717) is 49.0 Å². The summed E-state index contributed by atoms with van der Waals surface area (Å²) in [5.41, 5.74) is 35.1. The molecule has 12 atom stereocenters. The number of primary amides is 2. The van der Waals surface area contributed by atoms with Gasteiger partial charge in [-0.3, -0.25) is 67.3 Å². The maximum absolute atomic E-state index is 15.0. The molecule has 0 aromatic heterocycles. The third kappa shape index (κ3) is 26.6. The molecule has 0 bridgehead atoms. The molecule has 2 heterocycles. The number of aliphatic imine (C=N–C) groups is 1. The van der Waals surface area contributed by atoms with Gasteiger partial charge in [0.05, 0.1) is 12.6 Å². The van der Waals surface area contributed by atoms with Gasteiger partial charge in [0.2, 0.25) is 70.9 Å². The standard InChI is InChI=1S/C65H101N17O14S/c1-37(2)35-47(58(90)75-43(55(69)87)29-34-97-5)74-51(84)36-73-61(93)53(38(3)40-17-8-6-9-18-40)80-62(94)54(39(4)41-19-10-7-11-20-41)79-57(89)44(25-27-50(68)83)76-56(88)45(26-28-52(85)86)77-59(91)49-24-16-33-82(49)64(96)46(22-12-13-30-66)78-60(92)48-23-15-32-81(48)63(95)42(67)21-14-31-72-65(70)71/h6-11,17-20,37-39,42-49,53-54H,12-16,21-36,66-67H2,1-5H3,(H2,68,83)(H2,69,87)(H,73,93)(H,74,84)(H,75,90)(H,76,88)(H,77,91)(H,78,92)(H,79,89)(H,80,94)(H,85,86)(H4,70,71,72)/t38-,39+,42-,43-,44-,45-,46-,47-,48-,49-,53-,54-/m0/s1. The third-order valence-electron chi connectivity index (χ3n) is 17.0. The summed E-state index contributed by atoms with van der Waals surface area (Å²) in [5.74, 6) is -12.3. The summed E-state index contributed by atoms with van der Waals surface area (Å²) >= 11 is 1.45. The van der Waals surface area contributed by atoms with Crippen molar-refractivity contribution >= 4 is 94.6 Å². The van der Waals surface area contributed by atoms with Crippen molar-refractivity contribution in [3.63, 3.8) is 0 Å². The van der Waals surface area contributed by atoms with Crippen LogP contribution in [0.2, 0.25) is 0 Å². The molecular weight excluding hydrogens is 1270 g/mol. The Morgan fingerprint density at radius 1 is 0.567 bits per heavy atom. The highest BCUT2D eigenvalue weighted by Crippen LogP contribution is 2.26. The number of nitrogens with one attached hydrogen (secondary N) is 8. The molecular formula is C65H101N17O14S. The van der Waals surface area contributed by atoms with Gasteiger partial charge < -0.3 is 91.8 Å². The number of amides is 12. The number of aliphatic carboxylic acids is 1. The number of hydrogen-bond acceptors (Lipinski definition) is 17. The molecule has 32 heteroatoms. The molecule has 21 N–H and O–H groups in total. The third-order valence-corrected chi connectivity index (χ3v) is 17.6. The summed E-state index contributed by atoms with van der Waals surface area (Å²) in [6, 6.07) is 4.23. The molecule has 2 aliphatic rings. The van der Waals surface area contributed by atoms with Gasteiger partial charge in [0.15, 0.2) is 5.96 Å². The summed E-state index contributed by atoms with van der Waals surface area (Å²) in [5, 5.41) is 31.0. The first kappa shape index (κ1) is 80.5. The number of carboxylic acid groups (broad SMARTS) is 1. The Morgan fingerprint density at radius 3 is 1.60 bits per heavy atom. The number of hydrogen-bond donors (Lipinski definition) is 15. The maximum atomic E-state index is 15.0. The predicted octanol–water partition coefficient (Wildman–Crippen LogP) is -1.99. The van der Waals surface area contributed by atoms with E-state index in [4.69, 9.17) is 34.4 Å². The lowest BCUT2D eigenvalue weighted by Crippen LogP contribution is -2.61. The second kappa shape index (κ2) is 41.3. The highest BCUT2D eigenvalue weighted by atomic mass is 32.2. The predicted molar refractivity (Wildman–Crippen MR) is 363 cm³/mol. The van der Waals surface area contributed by atoms with Gasteiger partial charge in [-0.25, -0.2) is 0 Å². The van der Waals surface area contributed by atoms with E-state index in [1.807, 2.05) is 20.1 Å². The minimum absolute atomic E-state index is 0.0510. The molecule has 0 aliphatic carbocycles. The van der Waals surface area contributed by atoms with Crippen LogP contribution < -0.4 is 76.9 Å². The molecule has 2 fully saturated rings. The SMILES string of the molecule is CSCC[C@H](NC(=O)[C@H](CC(C)C)NC(=O)CNC(=O)[C@@H](NC(=O)[C@@H](NC(=O)[C@H](CCC(N)=O)NC(=O)[C@H](CCC(=O)O)NC(=O)[C@@H]1CCCN1C(=O)[C@H](CCCCN)NC(=O)[C@@H]1CCCN1C(=O)[C@@H](N)CCCN=C(N)N)[C@H](C)c1ccccc1)[C@@H](C)c1ccccc1)C(N)=O. The molecule has 536 valence electrons. The van der Waals surface area contributed by atoms with Gasteiger partial charge in [-0.2, -0.15) is 11.8 Å². The number of nitrogens with zero attached hydrogens (tertiary/aromatic N) is 3. The Kier molecular flexibility index (Phi) is 34.2. The topological polar surface area (TPSA) is 513 Å². The number of likely N-dealkylation sites (tertiary alicyclic amines) is 2. The molecule has 31 nitrogen and oxygen atoms in total. The number of benzene rings is 2. The lowest BCUT2D eigenvalue weighted by atomic mass is 9.89. The van der Waals surface area contributed by atoms with E-state index in [1.54, 1.807) is 74.5 Å². The van der Waals surface area contributed by atoms with E-state index in [0.717, 1.165) is 0 Å². The number of carbonyl (C=O) groups excluding carboxylic acids is 12. The largest absolute Gasteiger partial charge is 0.481 e. The summed E-state index contributed by atoms with van der Waals surface area (Å²) in [4.78, 5) is 186. The monoisotopic (exact) mass is 1380 g/mol. The molecule has 4 rings (SSSR count). The van der Waals surface area contributed by atoms with Gasteiger partial charge >= 0.3 is 5.97 Å². The Morgan fingerprint density at radius 2 is 1.07 bits per heavy atom. The first-order valence-electron chi connectivity index (χ1n) is 33.0. The number of nitrogens with two attached hydrogens (primary N) is 6. The number of unbranched alkanes of at least 4 members (excludes halogenated alkanes) is 1. The van der Waals surface area contributed by atoms with Crippen LogP contribution in [0.25, 0.3) is 0 Å². The molecule has 2 aromatic carbocycles. The molecule has 2 aromatic rings. The minimum atomic E-state index is -1.69. The average Bonchev–Trinajstić information content (AvgIpc) is 1.82. The second-order valence-electron chi connectivity index (χ2n) is 24.9. The molecule has 2 aliphatic heterocycles. The highest BCUT2D eigenvalue weighted by molar-refractivity contribution is 7.98. The number of thioether (sulfide) groups is 1. The van der Waals surface area contributed by atoms with Gasteiger partial charge in [0.25, 0.3) is 0 Å². The average molecular weight is 1380 g/mol. The van der Waals surface area contributed by atoms with Crippen LogP contribution in [0, 0.1) is 5.92 Å². The maximum Gasteiger partial charge on any atom is 0.303 e. The molecule has 97 heavy (non-hydrogen) atoms. The van der Waals surface area contributed by atoms with Crippen molar-refractivity contribution in [2.45, 2.75) is 196 Å². The van der Waals surface area contributed by atoms with Gasteiger partial charge in [-0.15, -0.1) is 0 Å². The summed E-state index contributed by atoms with van der Waals surface area (Å²) in [6.45, 7) is 7.06. The van der Waals surface area contributed by atoms with Crippen molar-refractivity contribution < 1.29 is 67.4 Å². The van der Waals surface area contributed by atoms with Crippen molar-refractivity contribution in [3.05, 3.63) is 71.8 Å². The zero-order valence-corrected chi connectivity index (χ0v) is 56.9. The fourth-order valence-corrected chi connectivity index (χ4v) is 12.0. The Bertz CT molecular complexity index is 3040. The second-order valence-corrected chi connectivity index (χ2v) is 25.9. The van der Waals surface area contributed by atoms with Crippen LogP contribution in [0.15, 0.2) is 65.7 Å². The van der Waals surface area contributed by atoms with Gasteiger partial charge in [0.1, 0.15) is 54.4 Å². The zero-order valence-electron chi connectivity index (χ0n) is 56.1. The van der Waals surface area contributed by atoms with Gasteiger partial charge in [-0.1, -0.05) is 88.4 Å². The fraction of sp³-hybridized carbons (Fsp3) is 0.600. The van der Waals surface area contributed by atoms with E-state index < -0.39 is 181 Å². The Hall–Kier alpha value is -8.91. The van der Waals surface area contributed by atoms with E-state index in [9.17, 15) is 62.6 Å². The highest BCUT2D eigenvalue weighted by Gasteiger charge is 2.43. The molecule has 0 saturated carbocycles. The molecule has 0 radical (unpaired) electrons. The smallest absolute Gasteiger partial charge is 0.303 e. The lowest BCUT2D eigenvalue weighted by molar-refractivity contribution is -0.144. The summed E-state index contributed by atoms with van der Waals surface area (Å²) < 4.78 is 0. The number of guanidine groups is 1. The van der Waals surface area contributed by atoms with Crippen molar-refractivity contribution in [1.29, 1.82) is 0 Å². The summed E-state index contributed by atoms with van der Waals surface area (Å²) in [6.07, 6.45) is 2.87. The first-order chi connectivity index (χ1) is 46.1. The van der Waals surface area contributed by atoms with Crippen LogP contribution in [0.1, 0.15) is 147 Å². The van der Waals surface area contributed by atoms with E-state index in [2.05, 4.69) is 47.5 Å². The normalized spacial score (nSPS) is 17.4. The van der Waals surface area contributed by atoms with E-state index in [1.165, 1.54) is 21.6 Å². The summed E-state index contributed by atoms with van der Waals surface area (Å²) in [7, 11) is 0. The Labute approximate surface area is 570 Å². The molecule has 0 spiro atoms. The first-order valence-corrected chi connectivity index (χ1v) is 34.4. The molecule has 12 amide bonds. The zero-order chi connectivity index (χ0) is 71.9. The number of carbonyl (C=O) groups is 13. The lowest BCUT2D eigenvalue weighted by Gasteiger charge is -2.32. The molecule has 2 saturated heterocycles. The van der Waals surface area contributed by atoms with Crippen molar-refractivity contribution in [2.75, 3.05) is 44.7 Å². The van der Waals surface area contributed by atoms with Crippen LogP contribution in [0.5, 0.6) is 0 Å². The van der Waals surface area contributed by atoms with Crippen LogP contribution in [-0.2, 0) is 62.3 Å². The van der Waals surface area contributed by atoms with Crippen molar-refractivity contribution in [2.24, 2.45) is 45.3 Å². The number of carboxylic acids is 1. The van der Waals surface area contributed by atoms with Crippen LogP contribution >= 0.6 is 11.8 Å². The van der Waals surface area contributed by atoms with Crippen LogP contribution in [0.4, 0.5) is 0 Å². The van der Waals surface area contributed by atoms with Crippen molar-refractivity contribution in [3.8, 4) is 0 Å². The number of rotatable bonds is 42. The van der Waals surface area contributed by atoms with Crippen LogP contribution in [-0.4, -0.2) is 203 Å². The van der Waals surface area contributed by atoms with Gasteiger partial charge in [0, 0.05) is 44.3 Å². The Balaban J connectivity index is 1.60. The minimum Gasteiger partial charge on any atom is -0.481 e.